The number of aryl methyl sites for hydroxylation is 3. The topological polar surface area (TPSA) is 34.9 Å². The predicted molar refractivity (Wildman–Crippen MR) is 84.4 cm³/mol. The van der Waals surface area contributed by atoms with Crippen molar-refractivity contribution in [2.45, 2.75) is 40.7 Å². The first-order valence-electron chi connectivity index (χ1n) is 6.58. The molecule has 1 unspecified atom stereocenters. The van der Waals surface area contributed by atoms with Crippen molar-refractivity contribution in [1.29, 1.82) is 0 Å². The number of halogens is 1. The van der Waals surface area contributed by atoms with Crippen molar-refractivity contribution in [3.8, 4) is 0 Å². The molecule has 0 spiro atoms. The standard InChI is InChI=1S/C15H19ClN2OS/c1-8-6-13(14(19)7-16)10(3)18(8)11(4)15-9(2)17-12(5)20-15/h6,11H,7H2,1-5H3. The summed E-state index contributed by atoms with van der Waals surface area (Å²) in [4.78, 5) is 17.6. The summed E-state index contributed by atoms with van der Waals surface area (Å²) in [6.07, 6.45) is 0. The van der Waals surface area contributed by atoms with Gasteiger partial charge in [-0.05, 0) is 40.7 Å². The minimum absolute atomic E-state index is 0.0181. The van der Waals surface area contributed by atoms with E-state index in [1.807, 2.05) is 33.8 Å². The first-order chi connectivity index (χ1) is 9.36. The van der Waals surface area contributed by atoms with Crippen molar-refractivity contribution in [3.05, 3.63) is 38.6 Å². The van der Waals surface area contributed by atoms with E-state index in [0.717, 1.165) is 27.7 Å². The fourth-order valence-electron chi connectivity index (χ4n) is 2.78. The van der Waals surface area contributed by atoms with Crippen LogP contribution in [0, 0.1) is 27.7 Å². The Labute approximate surface area is 128 Å². The van der Waals surface area contributed by atoms with E-state index in [4.69, 9.17) is 11.6 Å². The molecule has 5 heteroatoms. The molecule has 0 saturated carbocycles. The number of carbonyl (C=O) groups is 1. The number of thiazole rings is 1. The predicted octanol–water partition coefficient (Wildman–Crippen LogP) is 4.21. The molecule has 20 heavy (non-hydrogen) atoms. The van der Waals surface area contributed by atoms with Crippen LogP contribution in [0.15, 0.2) is 6.07 Å². The molecule has 0 aliphatic rings. The molecule has 0 aliphatic carbocycles. The van der Waals surface area contributed by atoms with Gasteiger partial charge in [-0.1, -0.05) is 0 Å². The third-order valence-corrected chi connectivity index (χ3v) is 5.10. The van der Waals surface area contributed by atoms with Crippen molar-refractivity contribution >= 4 is 28.7 Å². The van der Waals surface area contributed by atoms with Crippen LogP contribution >= 0.6 is 22.9 Å². The molecule has 3 nitrogen and oxygen atoms in total. The van der Waals surface area contributed by atoms with E-state index in [9.17, 15) is 4.79 Å². The Balaban J connectivity index is 2.50. The van der Waals surface area contributed by atoms with Crippen molar-refractivity contribution in [1.82, 2.24) is 9.55 Å². The number of ketones is 1. The van der Waals surface area contributed by atoms with Crippen molar-refractivity contribution in [2.75, 3.05) is 5.88 Å². The Morgan fingerprint density at radius 1 is 1.40 bits per heavy atom. The van der Waals surface area contributed by atoms with Gasteiger partial charge in [0.05, 0.1) is 27.5 Å². The molecule has 2 aromatic rings. The SMILES string of the molecule is Cc1nc(C)c(C(C)n2c(C)cc(C(=O)CCl)c2C)s1. The molecule has 2 rings (SSSR count). The van der Waals surface area contributed by atoms with Gasteiger partial charge in [0.1, 0.15) is 0 Å². The molecule has 0 aliphatic heterocycles. The van der Waals surface area contributed by atoms with Gasteiger partial charge in [0, 0.05) is 17.0 Å². The summed E-state index contributed by atoms with van der Waals surface area (Å²) in [5.41, 5.74) is 3.85. The normalized spacial score (nSPS) is 12.7. The summed E-state index contributed by atoms with van der Waals surface area (Å²) in [5, 5.41) is 1.07. The largest absolute Gasteiger partial charge is 0.340 e. The minimum atomic E-state index is -0.0181. The Morgan fingerprint density at radius 3 is 2.55 bits per heavy atom. The van der Waals surface area contributed by atoms with Crippen LogP contribution in [-0.4, -0.2) is 21.2 Å². The number of carbonyl (C=O) groups excluding carboxylic acids is 1. The second kappa shape index (κ2) is 5.70. The highest BCUT2D eigenvalue weighted by atomic mass is 35.5. The summed E-state index contributed by atoms with van der Waals surface area (Å²) in [6, 6.07) is 2.11. The highest BCUT2D eigenvalue weighted by Gasteiger charge is 2.21. The maximum absolute atomic E-state index is 11.9. The fraction of sp³-hybridized carbons (Fsp3) is 0.467. The first kappa shape index (κ1) is 15.3. The van der Waals surface area contributed by atoms with Gasteiger partial charge in [0.25, 0.3) is 0 Å². The summed E-state index contributed by atoms with van der Waals surface area (Å²) in [6.45, 7) is 10.2. The highest BCUT2D eigenvalue weighted by molar-refractivity contribution is 7.11. The average molecular weight is 311 g/mol. The monoisotopic (exact) mass is 310 g/mol. The number of rotatable bonds is 4. The summed E-state index contributed by atoms with van der Waals surface area (Å²) >= 11 is 7.39. The Kier molecular flexibility index (Phi) is 4.35. The molecule has 2 heterocycles. The van der Waals surface area contributed by atoms with Crippen LogP contribution < -0.4 is 0 Å². The van der Waals surface area contributed by atoms with Gasteiger partial charge in [0.2, 0.25) is 0 Å². The van der Waals surface area contributed by atoms with E-state index < -0.39 is 0 Å². The van der Waals surface area contributed by atoms with Gasteiger partial charge >= 0.3 is 0 Å². The highest BCUT2D eigenvalue weighted by Crippen LogP contribution is 2.31. The minimum Gasteiger partial charge on any atom is -0.340 e. The molecule has 0 radical (unpaired) electrons. The maximum Gasteiger partial charge on any atom is 0.179 e. The molecular formula is C15H19ClN2OS. The van der Waals surface area contributed by atoms with Gasteiger partial charge in [-0.15, -0.1) is 22.9 Å². The maximum atomic E-state index is 11.9. The van der Waals surface area contributed by atoms with E-state index >= 15 is 0 Å². The number of aromatic nitrogens is 2. The third-order valence-electron chi connectivity index (χ3n) is 3.61. The van der Waals surface area contributed by atoms with Crippen LogP contribution in [-0.2, 0) is 0 Å². The fourth-order valence-corrected chi connectivity index (χ4v) is 3.89. The Morgan fingerprint density at radius 2 is 2.05 bits per heavy atom. The lowest BCUT2D eigenvalue weighted by Crippen LogP contribution is -2.11. The van der Waals surface area contributed by atoms with E-state index in [1.165, 1.54) is 4.88 Å². The van der Waals surface area contributed by atoms with E-state index in [1.54, 1.807) is 11.3 Å². The molecule has 0 fully saturated rings. The van der Waals surface area contributed by atoms with Gasteiger partial charge in [-0.3, -0.25) is 4.79 Å². The third kappa shape index (κ3) is 2.54. The molecule has 1 atom stereocenters. The summed E-state index contributed by atoms with van der Waals surface area (Å²) < 4.78 is 2.19. The number of hydrogen-bond donors (Lipinski definition) is 0. The van der Waals surface area contributed by atoms with Gasteiger partial charge in [0.15, 0.2) is 5.78 Å². The van der Waals surface area contributed by atoms with Crippen LogP contribution in [0.2, 0.25) is 0 Å². The van der Waals surface area contributed by atoms with Crippen molar-refractivity contribution in [3.63, 3.8) is 0 Å². The van der Waals surface area contributed by atoms with E-state index in [-0.39, 0.29) is 17.7 Å². The molecule has 0 aromatic carbocycles. The molecule has 0 N–H and O–H groups in total. The van der Waals surface area contributed by atoms with Crippen LogP contribution in [0.3, 0.4) is 0 Å². The van der Waals surface area contributed by atoms with Crippen LogP contribution in [0.25, 0.3) is 0 Å². The van der Waals surface area contributed by atoms with Gasteiger partial charge < -0.3 is 4.57 Å². The zero-order valence-electron chi connectivity index (χ0n) is 12.5. The molecule has 0 amide bonds. The van der Waals surface area contributed by atoms with Crippen LogP contribution in [0.1, 0.15) is 50.3 Å². The second-order valence-electron chi connectivity index (χ2n) is 5.07. The molecular weight excluding hydrogens is 292 g/mol. The lowest BCUT2D eigenvalue weighted by atomic mass is 10.2. The number of alkyl halides is 1. The molecule has 0 saturated heterocycles. The van der Waals surface area contributed by atoms with Crippen LogP contribution in [0.5, 0.6) is 0 Å². The first-order valence-corrected chi connectivity index (χ1v) is 7.93. The van der Waals surface area contributed by atoms with E-state index in [2.05, 4.69) is 16.5 Å². The lowest BCUT2D eigenvalue weighted by molar-refractivity contribution is 0.102. The molecule has 2 aromatic heterocycles. The van der Waals surface area contributed by atoms with E-state index in [0.29, 0.717) is 0 Å². The Hall–Kier alpha value is -1.13. The summed E-state index contributed by atoms with van der Waals surface area (Å²) in [7, 11) is 0. The number of hydrogen-bond acceptors (Lipinski definition) is 3. The zero-order chi connectivity index (χ0) is 15.0. The van der Waals surface area contributed by atoms with Gasteiger partial charge in [-0.2, -0.15) is 0 Å². The van der Waals surface area contributed by atoms with Crippen LogP contribution in [0.4, 0.5) is 0 Å². The van der Waals surface area contributed by atoms with Crippen molar-refractivity contribution < 1.29 is 4.79 Å². The molecule has 108 valence electrons. The Bertz CT molecular complexity index is 657. The zero-order valence-corrected chi connectivity index (χ0v) is 14.0. The average Bonchev–Trinajstić information content (AvgIpc) is 2.87. The number of nitrogens with zero attached hydrogens (tertiary/aromatic N) is 2. The quantitative estimate of drug-likeness (QED) is 0.626. The summed E-state index contributed by atoms with van der Waals surface area (Å²) in [5.74, 6) is 0.00704. The van der Waals surface area contributed by atoms with Gasteiger partial charge in [-0.25, -0.2) is 4.98 Å². The number of Topliss-reactive ketones (excluding diaryl/α,β-unsaturated/α-hetero) is 1. The second-order valence-corrected chi connectivity index (χ2v) is 6.57. The van der Waals surface area contributed by atoms with Crippen molar-refractivity contribution in [2.24, 2.45) is 0 Å². The lowest BCUT2D eigenvalue weighted by Gasteiger charge is -2.18. The smallest absolute Gasteiger partial charge is 0.179 e. The molecule has 0 bridgehead atoms.